The summed E-state index contributed by atoms with van der Waals surface area (Å²) >= 11 is 0. The number of carbonyl (C=O) groups is 2. The van der Waals surface area contributed by atoms with Crippen LogP contribution >= 0.6 is 0 Å². The smallest absolute Gasteiger partial charge is 0.295 e. The van der Waals surface area contributed by atoms with Crippen LogP contribution in [0.25, 0.3) is 22.4 Å². The van der Waals surface area contributed by atoms with Crippen molar-refractivity contribution in [2.45, 2.75) is 40.5 Å². The van der Waals surface area contributed by atoms with Crippen molar-refractivity contribution < 1.29 is 9.59 Å². The van der Waals surface area contributed by atoms with Crippen molar-refractivity contribution in [2.24, 2.45) is 0 Å². The molecule has 0 atom stereocenters. The summed E-state index contributed by atoms with van der Waals surface area (Å²) in [5, 5.41) is 4.00. The van der Waals surface area contributed by atoms with Crippen LogP contribution in [0.4, 0.5) is 11.5 Å². The van der Waals surface area contributed by atoms with Crippen LogP contribution in [0.1, 0.15) is 55.1 Å². The van der Waals surface area contributed by atoms with E-state index in [9.17, 15) is 9.59 Å². The van der Waals surface area contributed by atoms with Crippen LogP contribution in [-0.4, -0.2) is 74.7 Å². The Kier molecular flexibility index (Phi) is 8.71. The van der Waals surface area contributed by atoms with Gasteiger partial charge in [-0.2, -0.15) is 0 Å². The number of nitrogens with zero attached hydrogens (tertiary/aromatic N) is 5. The molecule has 1 aliphatic heterocycles. The predicted octanol–water partition coefficient (Wildman–Crippen LogP) is 5.18. The normalized spacial score (nSPS) is 13.8. The van der Waals surface area contributed by atoms with Crippen molar-refractivity contribution in [1.82, 2.24) is 29.7 Å². The summed E-state index contributed by atoms with van der Waals surface area (Å²) < 4.78 is 0. The minimum atomic E-state index is -0.543. The number of hydrogen-bond acceptors (Lipinski definition) is 7. The average Bonchev–Trinajstić information content (AvgIpc) is 3.39. The molecule has 4 heterocycles. The summed E-state index contributed by atoms with van der Waals surface area (Å²) in [6.45, 7) is 12.8. The number of likely N-dealkylation sites (N-methyl/N-ethyl adjacent to an activating group) is 1. The maximum Gasteiger partial charge on any atom is 0.295 e. The second-order valence-electron chi connectivity index (χ2n) is 9.85. The molecule has 1 fully saturated rings. The molecule has 2 N–H and O–H groups in total. The van der Waals surface area contributed by atoms with Gasteiger partial charge in [-0.05, 0) is 26.0 Å². The number of pyridine rings is 1. The van der Waals surface area contributed by atoms with Gasteiger partial charge in [0.1, 0.15) is 11.5 Å². The molecule has 0 saturated carbocycles. The highest BCUT2D eigenvalue weighted by Gasteiger charge is 2.29. The largest absolute Gasteiger partial charge is 0.345 e. The van der Waals surface area contributed by atoms with Gasteiger partial charge in [-0.1, -0.05) is 57.5 Å². The Balaban J connectivity index is 0.00000172. The maximum absolute atomic E-state index is 13.3. The van der Waals surface area contributed by atoms with E-state index in [1.54, 1.807) is 23.4 Å². The first-order valence-electron chi connectivity index (χ1n) is 13.5. The standard InChI is InChI=1S/C28H31N7O2.C2H6/c1-17(2)20-15-30-25(19-7-5-18(3)6-8-19)33-26(20)32-22-9-10-29-27-23(22)21(16-31-27)24(36)28(37)35-13-11-34(4)12-14-35;1-2/h5-10,15-17H,11-14H2,1-4H3,(H2,29,30,31,32,33);1-2H3. The highest BCUT2D eigenvalue weighted by atomic mass is 16.2. The summed E-state index contributed by atoms with van der Waals surface area (Å²) in [6.07, 6.45) is 5.07. The Labute approximate surface area is 229 Å². The lowest BCUT2D eigenvalue weighted by Crippen LogP contribution is -2.49. The van der Waals surface area contributed by atoms with Gasteiger partial charge < -0.3 is 20.1 Å². The highest BCUT2D eigenvalue weighted by Crippen LogP contribution is 2.32. The lowest BCUT2D eigenvalue weighted by molar-refractivity contribution is -0.127. The fourth-order valence-corrected chi connectivity index (χ4v) is 4.49. The summed E-state index contributed by atoms with van der Waals surface area (Å²) in [4.78, 5) is 47.1. The number of anilines is 2. The molecule has 1 saturated heterocycles. The zero-order valence-corrected chi connectivity index (χ0v) is 23.6. The van der Waals surface area contributed by atoms with Crippen molar-refractivity contribution in [1.29, 1.82) is 0 Å². The number of H-pyrrole nitrogens is 1. The summed E-state index contributed by atoms with van der Waals surface area (Å²) in [6, 6.07) is 9.86. The number of carbonyl (C=O) groups excluding carboxylic acids is 2. The highest BCUT2D eigenvalue weighted by molar-refractivity contribution is 6.45. The van der Waals surface area contributed by atoms with Gasteiger partial charge in [-0.25, -0.2) is 15.0 Å². The van der Waals surface area contributed by atoms with Crippen LogP contribution in [0.2, 0.25) is 0 Å². The molecule has 39 heavy (non-hydrogen) atoms. The Morgan fingerprint density at radius 1 is 1.00 bits per heavy atom. The SMILES string of the molecule is CC.Cc1ccc(-c2ncc(C(C)C)c(Nc3ccnc4[nH]cc(C(=O)C(=O)N5CCN(C)CC5)c34)n2)cc1. The van der Waals surface area contributed by atoms with E-state index in [2.05, 4.69) is 39.0 Å². The Bertz CT molecular complexity index is 1450. The fourth-order valence-electron chi connectivity index (χ4n) is 4.49. The van der Waals surface area contributed by atoms with E-state index >= 15 is 0 Å². The zero-order valence-electron chi connectivity index (χ0n) is 23.6. The first kappa shape index (κ1) is 27.9. The third kappa shape index (κ3) is 5.98. The molecule has 3 aromatic heterocycles. The summed E-state index contributed by atoms with van der Waals surface area (Å²) in [5.41, 5.74) is 4.50. The van der Waals surface area contributed by atoms with Gasteiger partial charge in [0.2, 0.25) is 0 Å². The molecule has 0 unspecified atom stereocenters. The number of amides is 1. The number of aryl methyl sites for hydroxylation is 1. The van der Waals surface area contributed by atoms with Gasteiger partial charge in [-0.3, -0.25) is 9.59 Å². The summed E-state index contributed by atoms with van der Waals surface area (Å²) in [7, 11) is 2.01. The number of piperazine rings is 1. The quantitative estimate of drug-likeness (QED) is 0.263. The van der Waals surface area contributed by atoms with E-state index in [1.807, 2.05) is 58.3 Å². The van der Waals surface area contributed by atoms with Gasteiger partial charge in [0.25, 0.3) is 11.7 Å². The number of nitrogens with one attached hydrogen (secondary N) is 2. The van der Waals surface area contributed by atoms with E-state index in [-0.39, 0.29) is 5.92 Å². The molecule has 0 spiro atoms. The van der Waals surface area contributed by atoms with Crippen LogP contribution in [0.3, 0.4) is 0 Å². The number of fused-ring (bicyclic) bond motifs is 1. The predicted molar refractivity (Wildman–Crippen MR) is 155 cm³/mol. The van der Waals surface area contributed by atoms with E-state index in [1.165, 1.54) is 0 Å². The van der Waals surface area contributed by atoms with Crippen molar-refractivity contribution in [2.75, 3.05) is 38.5 Å². The van der Waals surface area contributed by atoms with Gasteiger partial charge >= 0.3 is 0 Å². The molecule has 0 aliphatic carbocycles. The van der Waals surface area contributed by atoms with Crippen molar-refractivity contribution in [3.63, 3.8) is 0 Å². The molecule has 1 amide bonds. The Morgan fingerprint density at radius 3 is 2.36 bits per heavy atom. The minimum absolute atomic E-state index is 0.165. The van der Waals surface area contributed by atoms with Crippen LogP contribution < -0.4 is 5.32 Å². The zero-order chi connectivity index (χ0) is 28.1. The molecular formula is C30H37N7O2. The van der Waals surface area contributed by atoms with E-state index in [4.69, 9.17) is 4.98 Å². The average molecular weight is 528 g/mol. The van der Waals surface area contributed by atoms with Crippen LogP contribution in [0, 0.1) is 6.92 Å². The van der Waals surface area contributed by atoms with Gasteiger partial charge in [0.15, 0.2) is 5.82 Å². The molecule has 9 heteroatoms. The van der Waals surface area contributed by atoms with Crippen molar-refractivity contribution in [3.8, 4) is 11.4 Å². The number of hydrogen-bond donors (Lipinski definition) is 2. The molecule has 0 bridgehead atoms. The van der Waals surface area contributed by atoms with E-state index < -0.39 is 11.7 Å². The number of aromatic amines is 1. The number of benzene rings is 1. The molecule has 204 valence electrons. The van der Waals surface area contributed by atoms with Gasteiger partial charge in [-0.15, -0.1) is 0 Å². The van der Waals surface area contributed by atoms with Crippen molar-refractivity contribution >= 4 is 34.2 Å². The van der Waals surface area contributed by atoms with E-state index in [0.29, 0.717) is 47.0 Å². The second-order valence-corrected chi connectivity index (χ2v) is 9.85. The van der Waals surface area contributed by atoms with Crippen LogP contribution in [0.15, 0.2) is 48.9 Å². The first-order valence-corrected chi connectivity index (χ1v) is 13.5. The molecule has 9 nitrogen and oxygen atoms in total. The lowest BCUT2D eigenvalue weighted by atomic mass is 10.0. The number of rotatable bonds is 6. The number of aromatic nitrogens is 4. The van der Waals surface area contributed by atoms with Crippen LogP contribution in [-0.2, 0) is 4.79 Å². The Morgan fingerprint density at radius 2 is 1.69 bits per heavy atom. The molecule has 0 radical (unpaired) electrons. The minimum Gasteiger partial charge on any atom is -0.345 e. The fraction of sp³-hybridized carbons (Fsp3) is 0.367. The molecule has 1 aliphatic rings. The van der Waals surface area contributed by atoms with Crippen LogP contribution in [0.5, 0.6) is 0 Å². The molecule has 4 aromatic rings. The van der Waals surface area contributed by atoms with Crippen molar-refractivity contribution in [3.05, 3.63) is 65.6 Å². The lowest BCUT2D eigenvalue weighted by Gasteiger charge is -2.31. The maximum atomic E-state index is 13.3. The number of Topliss-reactive ketones (excluding diaryl/α,β-unsaturated/α-hetero) is 1. The monoisotopic (exact) mass is 527 g/mol. The van der Waals surface area contributed by atoms with Gasteiger partial charge in [0.05, 0.1) is 16.6 Å². The molecule has 1 aromatic carbocycles. The third-order valence-electron chi connectivity index (χ3n) is 6.80. The number of ketones is 1. The second kappa shape index (κ2) is 12.2. The topological polar surface area (TPSA) is 107 Å². The third-order valence-corrected chi connectivity index (χ3v) is 6.80. The molecule has 5 rings (SSSR count). The van der Waals surface area contributed by atoms with E-state index in [0.717, 1.165) is 29.8 Å². The molecular weight excluding hydrogens is 490 g/mol. The first-order chi connectivity index (χ1) is 18.8. The summed E-state index contributed by atoms with van der Waals surface area (Å²) in [5.74, 6) is 0.387. The van der Waals surface area contributed by atoms with Gasteiger partial charge in [0, 0.05) is 55.9 Å². The Hall–Kier alpha value is -4.11.